The van der Waals surface area contributed by atoms with Gasteiger partial charge in [-0.15, -0.1) is 0 Å². The van der Waals surface area contributed by atoms with Gasteiger partial charge in [0.05, 0.1) is 7.11 Å². The van der Waals surface area contributed by atoms with Gasteiger partial charge < -0.3 is 14.2 Å². The second-order valence-corrected chi connectivity index (χ2v) is 4.34. The lowest BCUT2D eigenvalue weighted by Gasteiger charge is -2.06. The molecule has 1 aromatic carbocycles. The predicted octanol–water partition coefficient (Wildman–Crippen LogP) is 4.20. The van der Waals surface area contributed by atoms with Crippen molar-refractivity contribution >= 4 is 6.16 Å². The summed E-state index contributed by atoms with van der Waals surface area (Å²) in [7, 11) is 1.58. The summed E-state index contributed by atoms with van der Waals surface area (Å²) in [6, 6.07) is 6.74. The van der Waals surface area contributed by atoms with Gasteiger partial charge in [0, 0.05) is 0 Å². The predicted molar refractivity (Wildman–Crippen MR) is 78.2 cm³/mol. The molecule has 0 unspecified atom stereocenters. The van der Waals surface area contributed by atoms with Gasteiger partial charge in [-0.2, -0.15) is 0 Å². The van der Waals surface area contributed by atoms with Crippen LogP contribution in [0.25, 0.3) is 0 Å². The Labute approximate surface area is 120 Å². The van der Waals surface area contributed by atoms with Crippen LogP contribution in [0, 0.1) is 5.92 Å². The maximum atomic E-state index is 11.4. The highest BCUT2D eigenvalue weighted by molar-refractivity contribution is 5.63. The van der Waals surface area contributed by atoms with Gasteiger partial charge >= 0.3 is 6.16 Å². The largest absolute Gasteiger partial charge is 0.514 e. The maximum absolute atomic E-state index is 11.4. The van der Waals surface area contributed by atoms with E-state index >= 15 is 0 Å². The van der Waals surface area contributed by atoms with E-state index in [4.69, 9.17) is 14.2 Å². The quantitative estimate of drug-likeness (QED) is 0.426. The average molecular weight is 278 g/mol. The summed E-state index contributed by atoms with van der Waals surface area (Å²) >= 11 is 0. The number of allylic oxidation sites excluding steroid dienone is 1. The van der Waals surface area contributed by atoms with Crippen LogP contribution in [-0.4, -0.2) is 19.9 Å². The number of hydrogen-bond donors (Lipinski definition) is 0. The van der Waals surface area contributed by atoms with Crippen LogP contribution in [0.15, 0.2) is 36.4 Å². The summed E-state index contributed by atoms with van der Waals surface area (Å²) in [6.07, 6.45) is 5.39. The molecule has 110 valence electrons. The molecule has 0 spiro atoms. The maximum Gasteiger partial charge on any atom is 0.514 e. The van der Waals surface area contributed by atoms with Gasteiger partial charge in [-0.3, -0.25) is 0 Å². The first-order valence-corrected chi connectivity index (χ1v) is 6.84. The van der Waals surface area contributed by atoms with Crippen LogP contribution < -0.4 is 9.47 Å². The molecular formula is C16H22O4. The molecule has 0 saturated heterocycles. The van der Waals surface area contributed by atoms with Gasteiger partial charge in [-0.1, -0.05) is 26.0 Å². The minimum absolute atomic E-state index is 0.228. The van der Waals surface area contributed by atoms with Crippen molar-refractivity contribution in [2.24, 2.45) is 5.92 Å². The topological polar surface area (TPSA) is 44.8 Å². The summed E-state index contributed by atoms with van der Waals surface area (Å²) in [5.74, 6) is 1.68. The van der Waals surface area contributed by atoms with Gasteiger partial charge in [-0.05, 0) is 43.0 Å². The Morgan fingerprint density at radius 2 is 1.75 bits per heavy atom. The van der Waals surface area contributed by atoms with Crippen molar-refractivity contribution < 1.29 is 19.0 Å². The first-order valence-electron chi connectivity index (χ1n) is 6.84. The summed E-state index contributed by atoms with van der Waals surface area (Å²) in [5.41, 5.74) is 0. The number of carbonyl (C=O) groups excluding carboxylic acids is 1. The van der Waals surface area contributed by atoms with Crippen molar-refractivity contribution in [2.45, 2.75) is 26.7 Å². The van der Waals surface area contributed by atoms with E-state index in [0.717, 1.165) is 12.8 Å². The van der Waals surface area contributed by atoms with E-state index < -0.39 is 6.16 Å². The Bertz CT molecular complexity index is 419. The Hall–Kier alpha value is -1.97. The highest BCUT2D eigenvalue weighted by Gasteiger charge is 2.05. The van der Waals surface area contributed by atoms with Crippen molar-refractivity contribution in [3.05, 3.63) is 36.4 Å². The highest BCUT2D eigenvalue weighted by atomic mass is 16.7. The molecule has 0 bridgehead atoms. The molecule has 0 aromatic heterocycles. The lowest BCUT2D eigenvalue weighted by atomic mass is 10.0. The molecule has 4 nitrogen and oxygen atoms in total. The zero-order valence-electron chi connectivity index (χ0n) is 12.3. The number of methoxy groups -OCH3 is 1. The summed E-state index contributed by atoms with van der Waals surface area (Å²) in [4.78, 5) is 11.4. The van der Waals surface area contributed by atoms with E-state index in [1.807, 2.05) is 6.08 Å². The van der Waals surface area contributed by atoms with Crippen LogP contribution in [0.3, 0.4) is 0 Å². The number of hydrogen-bond acceptors (Lipinski definition) is 4. The zero-order chi connectivity index (χ0) is 14.8. The molecule has 0 aliphatic heterocycles. The van der Waals surface area contributed by atoms with Crippen molar-refractivity contribution in [1.82, 2.24) is 0 Å². The normalized spacial score (nSPS) is 10.8. The van der Waals surface area contributed by atoms with Crippen molar-refractivity contribution in [3.63, 3.8) is 0 Å². The number of rotatable bonds is 7. The number of carbonyl (C=O) groups is 1. The molecular weight excluding hydrogens is 256 g/mol. The molecule has 0 aliphatic carbocycles. The molecule has 4 heteroatoms. The SMILES string of the molecule is CCC(/C=C/COC(=O)Oc1ccc(OC)cc1)CC. The highest BCUT2D eigenvalue weighted by Crippen LogP contribution is 2.17. The Balaban J connectivity index is 2.32. The smallest absolute Gasteiger partial charge is 0.497 e. The van der Waals surface area contributed by atoms with Gasteiger partial charge in [0.25, 0.3) is 0 Å². The van der Waals surface area contributed by atoms with Gasteiger partial charge in [0.2, 0.25) is 0 Å². The summed E-state index contributed by atoms with van der Waals surface area (Å²) in [5, 5.41) is 0. The van der Waals surface area contributed by atoms with Crippen molar-refractivity contribution in [3.8, 4) is 11.5 Å². The van der Waals surface area contributed by atoms with E-state index in [1.165, 1.54) is 0 Å². The number of ether oxygens (including phenoxy) is 3. The fraction of sp³-hybridized carbons (Fsp3) is 0.438. The monoisotopic (exact) mass is 278 g/mol. The van der Waals surface area contributed by atoms with Crippen LogP contribution in [0.1, 0.15) is 26.7 Å². The lowest BCUT2D eigenvalue weighted by Crippen LogP contribution is -2.10. The molecule has 1 rings (SSSR count). The summed E-state index contributed by atoms with van der Waals surface area (Å²) in [6.45, 7) is 4.50. The second-order valence-electron chi connectivity index (χ2n) is 4.34. The Kier molecular flexibility index (Phi) is 7.25. The molecule has 0 atom stereocenters. The minimum atomic E-state index is -0.704. The van der Waals surface area contributed by atoms with E-state index in [9.17, 15) is 4.79 Å². The minimum Gasteiger partial charge on any atom is -0.497 e. The second kappa shape index (κ2) is 9.02. The van der Waals surface area contributed by atoms with Crippen LogP contribution in [-0.2, 0) is 4.74 Å². The van der Waals surface area contributed by atoms with E-state index in [2.05, 4.69) is 19.9 Å². The molecule has 0 radical (unpaired) electrons. The molecule has 0 heterocycles. The molecule has 0 amide bonds. The molecule has 1 aromatic rings. The standard InChI is InChI=1S/C16H22O4/c1-4-13(5-2)7-6-12-19-16(17)20-15-10-8-14(18-3)9-11-15/h6-11,13H,4-5,12H2,1-3H3/b7-6+. The zero-order valence-corrected chi connectivity index (χ0v) is 12.3. The van der Waals surface area contributed by atoms with E-state index in [1.54, 1.807) is 31.4 Å². The molecule has 0 aliphatic rings. The van der Waals surface area contributed by atoms with Crippen LogP contribution in [0.4, 0.5) is 4.79 Å². The molecule has 0 N–H and O–H groups in total. The fourth-order valence-corrected chi connectivity index (χ4v) is 1.69. The first kappa shape index (κ1) is 16.1. The molecule has 20 heavy (non-hydrogen) atoms. The van der Waals surface area contributed by atoms with Crippen LogP contribution in [0.2, 0.25) is 0 Å². The third-order valence-corrected chi connectivity index (χ3v) is 3.02. The summed E-state index contributed by atoms with van der Waals surface area (Å²) < 4.78 is 15.0. The van der Waals surface area contributed by atoms with E-state index in [0.29, 0.717) is 17.4 Å². The Morgan fingerprint density at radius 3 is 2.30 bits per heavy atom. The van der Waals surface area contributed by atoms with Gasteiger partial charge in [0.15, 0.2) is 0 Å². The first-order chi connectivity index (χ1) is 9.69. The molecule has 0 fully saturated rings. The van der Waals surface area contributed by atoms with Crippen molar-refractivity contribution in [2.75, 3.05) is 13.7 Å². The van der Waals surface area contributed by atoms with Crippen LogP contribution >= 0.6 is 0 Å². The van der Waals surface area contributed by atoms with Gasteiger partial charge in [-0.25, -0.2) is 4.79 Å². The third-order valence-electron chi connectivity index (χ3n) is 3.02. The van der Waals surface area contributed by atoms with Crippen LogP contribution in [0.5, 0.6) is 11.5 Å². The van der Waals surface area contributed by atoms with E-state index in [-0.39, 0.29) is 6.61 Å². The third kappa shape index (κ3) is 5.78. The van der Waals surface area contributed by atoms with Crippen molar-refractivity contribution in [1.29, 1.82) is 0 Å². The Morgan fingerprint density at radius 1 is 1.15 bits per heavy atom. The lowest BCUT2D eigenvalue weighted by molar-refractivity contribution is 0.109. The van der Waals surface area contributed by atoms with Gasteiger partial charge in [0.1, 0.15) is 18.1 Å². The molecule has 0 saturated carbocycles. The fourth-order valence-electron chi connectivity index (χ4n) is 1.69. The average Bonchev–Trinajstić information content (AvgIpc) is 2.48. The number of benzene rings is 1.